The van der Waals surface area contributed by atoms with Crippen LogP contribution in [-0.4, -0.2) is 146 Å². The molecule has 2 amide bonds. The molecule has 0 radical (unpaired) electrons. The molecule has 0 bridgehead atoms. The van der Waals surface area contributed by atoms with Crippen molar-refractivity contribution in [3.63, 3.8) is 0 Å². The number of hydrogen-bond acceptors (Lipinski definition) is 18. The van der Waals surface area contributed by atoms with E-state index in [0.29, 0.717) is 47.0 Å². The molecular weight excluding hydrogens is 1210 g/mol. The summed E-state index contributed by atoms with van der Waals surface area (Å²) in [5.74, 6) is -0.191. The van der Waals surface area contributed by atoms with Crippen molar-refractivity contribution in [3.05, 3.63) is 125 Å². The average molecular weight is 1280 g/mol. The number of carbonyl (C=O) groups is 2. The summed E-state index contributed by atoms with van der Waals surface area (Å²) in [5, 5.41) is 46.9. The summed E-state index contributed by atoms with van der Waals surface area (Å²) in [6.45, 7) is 26.4. The lowest BCUT2D eigenvalue weighted by Gasteiger charge is -2.45. The molecule has 2 aliphatic rings. The van der Waals surface area contributed by atoms with E-state index in [9.17, 15) is 44.5 Å². The zero-order chi connectivity index (χ0) is 63.6. The second kappa shape index (κ2) is 27.0. The van der Waals surface area contributed by atoms with E-state index >= 15 is 0 Å². The molecule has 8 rings (SSSR count). The number of piperazine rings is 2. The van der Waals surface area contributed by atoms with Crippen LogP contribution >= 0.6 is 58.0 Å². The van der Waals surface area contributed by atoms with Gasteiger partial charge in [-0.3, -0.25) is 48.9 Å². The lowest BCUT2D eigenvalue weighted by Crippen LogP contribution is -2.61. The number of carbonyl (C=O) groups excluding carboxylic acids is 2. The fraction of sp³-hybridized carbons (Fsp3) is 0.500. The molecule has 2 aliphatic heterocycles. The van der Waals surface area contributed by atoms with Crippen molar-refractivity contribution < 1.29 is 39.1 Å². The van der Waals surface area contributed by atoms with Crippen molar-refractivity contribution in [2.45, 2.75) is 144 Å². The first-order valence-electron chi connectivity index (χ1n) is 27.0. The van der Waals surface area contributed by atoms with Crippen molar-refractivity contribution in [1.29, 1.82) is 0 Å². The molecule has 6 aromatic rings. The summed E-state index contributed by atoms with van der Waals surface area (Å²) in [5.41, 5.74) is -1.26. The average Bonchev–Trinajstić information content (AvgIpc) is 0.831. The van der Waals surface area contributed by atoms with Crippen LogP contribution in [0.2, 0.25) is 25.4 Å². The molecule has 3 N–H and O–H groups in total. The van der Waals surface area contributed by atoms with Gasteiger partial charge in [0.15, 0.2) is 11.3 Å². The van der Waals surface area contributed by atoms with Crippen LogP contribution in [0.25, 0.3) is 33.4 Å². The van der Waals surface area contributed by atoms with Crippen LogP contribution in [0.5, 0.6) is 0 Å². The van der Waals surface area contributed by atoms with E-state index in [-0.39, 0.29) is 103 Å². The predicted octanol–water partition coefficient (Wildman–Crippen LogP) is 10.9. The van der Waals surface area contributed by atoms with E-state index in [1.54, 1.807) is 75.9 Å². The summed E-state index contributed by atoms with van der Waals surface area (Å²) in [6.07, 6.45) is 2.34. The number of nitro groups is 2. The van der Waals surface area contributed by atoms with Crippen LogP contribution < -0.4 is 21.3 Å². The van der Waals surface area contributed by atoms with Gasteiger partial charge in [-0.2, -0.15) is 0 Å². The quantitative estimate of drug-likeness (QED) is 0.0688. The summed E-state index contributed by atoms with van der Waals surface area (Å²) in [7, 11) is 0. The first-order valence-corrected chi connectivity index (χ1v) is 28.9. The Hall–Kier alpha value is -6.51. The van der Waals surface area contributed by atoms with Crippen molar-refractivity contribution in [1.82, 2.24) is 44.2 Å². The molecule has 0 unspecified atom stereocenters. The largest absolute Gasteiger partial charge is 0.444 e. The van der Waals surface area contributed by atoms with Gasteiger partial charge in [-0.25, -0.2) is 19.6 Å². The van der Waals surface area contributed by atoms with E-state index < -0.39 is 68.3 Å². The van der Waals surface area contributed by atoms with Gasteiger partial charge in [0.1, 0.15) is 32.2 Å². The minimum Gasteiger partial charge on any atom is -0.444 e. The Bertz CT molecular complexity index is 3680. The van der Waals surface area contributed by atoms with Gasteiger partial charge in [0.25, 0.3) is 0 Å². The lowest BCUT2D eigenvalue weighted by molar-refractivity contribution is -0.386. The van der Waals surface area contributed by atoms with E-state index in [2.05, 4.69) is 25.3 Å². The molecule has 4 atom stereocenters. The van der Waals surface area contributed by atoms with Gasteiger partial charge in [-0.1, -0.05) is 85.7 Å². The number of hydrogen-bond donors (Lipinski definition) is 3. The molecule has 460 valence electrons. The molecule has 0 spiro atoms. The number of amides is 2. The number of nitrogens with zero attached hydrogens (tertiary/aromatic N) is 11. The van der Waals surface area contributed by atoms with Crippen molar-refractivity contribution >= 4 is 109 Å². The van der Waals surface area contributed by atoms with Gasteiger partial charge in [-0.15, -0.1) is 0 Å². The minimum atomic E-state index is -0.940. The zero-order valence-electron chi connectivity index (χ0n) is 49.5. The number of rotatable bonds is 9. The number of halogens is 5. The fourth-order valence-corrected chi connectivity index (χ4v) is 10.6. The van der Waals surface area contributed by atoms with E-state index in [0.717, 1.165) is 4.57 Å². The second-order valence-electron chi connectivity index (χ2n) is 23.2. The van der Waals surface area contributed by atoms with Gasteiger partial charge in [0.05, 0.1) is 67.3 Å². The molecule has 6 aromatic heterocycles. The molecule has 24 nitrogen and oxygen atoms in total. The molecule has 0 aliphatic carbocycles. The highest BCUT2D eigenvalue weighted by Gasteiger charge is 2.42. The first kappa shape index (κ1) is 67.6. The highest BCUT2D eigenvalue weighted by molar-refractivity contribution is 6.43. The van der Waals surface area contributed by atoms with Crippen LogP contribution in [0.15, 0.2) is 46.2 Å². The Kier molecular flexibility index (Phi) is 21.5. The smallest absolute Gasteiger partial charge is 0.410 e. The Morgan fingerprint density at radius 3 is 1.54 bits per heavy atom. The van der Waals surface area contributed by atoms with E-state index in [1.807, 2.05) is 55.4 Å². The topological polar surface area (TPSA) is 297 Å². The number of nitrogens with one attached hydrogen (secondary N) is 1. The van der Waals surface area contributed by atoms with Gasteiger partial charge < -0.3 is 39.7 Å². The maximum Gasteiger partial charge on any atom is 0.410 e. The lowest BCUT2D eigenvalue weighted by atomic mass is 10.0. The normalized spacial score (nSPS) is 17.4. The van der Waals surface area contributed by atoms with Crippen molar-refractivity contribution in [2.24, 2.45) is 0 Å². The van der Waals surface area contributed by atoms with Crippen LogP contribution in [0.1, 0.15) is 117 Å². The number of aromatic nitrogens is 6. The molecule has 0 aromatic carbocycles. The Morgan fingerprint density at radius 2 is 1.12 bits per heavy atom. The van der Waals surface area contributed by atoms with Gasteiger partial charge in [0.2, 0.25) is 0 Å². The third kappa shape index (κ3) is 14.8. The summed E-state index contributed by atoms with van der Waals surface area (Å²) >= 11 is 31.0. The van der Waals surface area contributed by atoms with Gasteiger partial charge >= 0.3 is 34.7 Å². The summed E-state index contributed by atoms with van der Waals surface area (Å²) in [4.78, 5) is 96.9. The summed E-state index contributed by atoms with van der Waals surface area (Å²) < 4.78 is 13.2. The standard InChI is InChI=1S/C28H34Cl2N6O6.C17H13Cl3N4O3.C11H22N2O3/c1-14(2)20-21(15(3)8-9-31-20)35-25-18(10-19(29)24(30)32-25)22(23(26(35)38)36(40)41)34-11-16(4)33(12-17(34)13-37)27(39)42-28(5,6)7;1-7(2)12-13(8(3)4-5-21-12)23-16-9(6-10(18)15(20)22-16)11(19)14(17(23)25)24(26)27;1-8-5-12-9(7-14)6-13(8)10(15)16-11(2,3)4/h8-10,14,16-17,37H,11-13H2,1-7H3;4-7H,1-3H3;8-9,12,14H,5-7H2,1-4H3/t16-,17-;;8-,9-/m1.1/s1. The minimum absolute atomic E-state index is 0.0116. The number of anilines is 1. The SMILES string of the molecule is C[C@@H]1CN[C@@H](CO)CN1C(=O)OC(C)(C)C.Cc1ccnc(C(C)C)c1-n1c(=O)c([N+](=O)[O-])c(Cl)c2cc(Cl)c(Cl)nc21.Cc1ccnc(C(C)C)c1-n1c(=O)c([N+](=O)[O-])c(N2C[C@@H](C)N(C(=O)OC(C)(C)C)C[C@@H]2CO)c2cc(Cl)c(Cl)nc21. The molecular formula is C56H69Cl5N12O12. The molecule has 8 heterocycles. The van der Waals surface area contributed by atoms with Crippen molar-refractivity contribution in [2.75, 3.05) is 44.3 Å². The van der Waals surface area contributed by atoms with Crippen LogP contribution in [0, 0.1) is 34.1 Å². The number of ether oxygens (including phenoxy) is 2. The first-order chi connectivity index (χ1) is 39.5. The summed E-state index contributed by atoms with van der Waals surface area (Å²) in [6, 6.07) is 4.94. The van der Waals surface area contributed by atoms with Crippen LogP contribution in [-0.2, 0) is 9.47 Å². The monoisotopic (exact) mass is 1280 g/mol. The van der Waals surface area contributed by atoms with Crippen molar-refractivity contribution in [3.8, 4) is 11.4 Å². The maximum absolute atomic E-state index is 14.2. The third-order valence-corrected chi connectivity index (χ3v) is 15.4. The highest BCUT2D eigenvalue weighted by Crippen LogP contribution is 2.41. The number of pyridine rings is 6. The van der Waals surface area contributed by atoms with E-state index in [4.69, 9.17) is 72.6 Å². The number of fused-ring (bicyclic) bond motifs is 2. The second-order valence-corrected chi connectivity index (χ2v) is 25.1. The van der Waals surface area contributed by atoms with Gasteiger partial charge in [0, 0.05) is 62.1 Å². The fourth-order valence-electron chi connectivity index (χ4n) is 9.71. The highest BCUT2D eigenvalue weighted by atomic mass is 35.5. The number of aryl methyl sites for hydroxylation is 2. The Labute approximate surface area is 515 Å². The number of aliphatic hydroxyl groups excluding tert-OH is 2. The van der Waals surface area contributed by atoms with Crippen LogP contribution in [0.3, 0.4) is 0 Å². The molecule has 2 saturated heterocycles. The van der Waals surface area contributed by atoms with Crippen LogP contribution in [0.4, 0.5) is 26.7 Å². The molecule has 29 heteroatoms. The maximum atomic E-state index is 14.2. The Balaban J connectivity index is 0.000000229. The van der Waals surface area contributed by atoms with Gasteiger partial charge in [-0.05, 0) is 116 Å². The predicted molar refractivity (Wildman–Crippen MR) is 328 cm³/mol. The zero-order valence-corrected chi connectivity index (χ0v) is 53.2. The Morgan fingerprint density at radius 1 is 0.682 bits per heavy atom. The molecule has 85 heavy (non-hydrogen) atoms. The molecule has 0 saturated carbocycles. The molecule has 2 fully saturated rings. The third-order valence-electron chi connectivity index (χ3n) is 13.7. The van der Waals surface area contributed by atoms with E-state index in [1.165, 1.54) is 21.6 Å². The number of aliphatic hydroxyl groups is 2.